The quantitative estimate of drug-likeness (QED) is 0.513. The van der Waals surface area contributed by atoms with Gasteiger partial charge in [0.15, 0.2) is 5.92 Å². The molecule has 0 N–H and O–H groups in total. The van der Waals surface area contributed by atoms with E-state index in [2.05, 4.69) is 0 Å². The lowest BCUT2D eigenvalue weighted by molar-refractivity contribution is 0.805. The van der Waals surface area contributed by atoms with Gasteiger partial charge in [0.2, 0.25) is 3.42 Å². The van der Waals surface area contributed by atoms with Crippen LogP contribution in [0, 0.1) is 51.2 Å². The number of alkyl halides is 1. The van der Waals surface area contributed by atoms with Crippen LogP contribution in [0.4, 0.5) is 0 Å². The molecule has 0 heterocycles. The summed E-state index contributed by atoms with van der Waals surface area (Å²) in [4.78, 5) is 0. The third kappa shape index (κ3) is 1.80. The van der Waals surface area contributed by atoms with Gasteiger partial charge in [0.05, 0.1) is 24.3 Å². The Morgan fingerprint density at radius 1 is 1.00 bits per heavy atom. The average molecular weight is 256 g/mol. The van der Waals surface area contributed by atoms with Crippen molar-refractivity contribution in [2.75, 3.05) is 0 Å². The summed E-state index contributed by atoms with van der Waals surface area (Å²) in [7, 11) is 0. The summed E-state index contributed by atoms with van der Waals surface area (Å²) in [5, 5.41) is 33.6. The maximum absolute atomic E-state index is 8.44. The SMILES string of the molecule is N#CC(C#N)C(I)(C#N)C#N. The Kier molecular flexibility index (Phi) is 3.31. The summed E-state index contributed by atoms with van der Waals surface area (Å²) in [5.74, 6) is -1.20. The standard InChI is InChI=1S/C6HIN4/c7-6(3-10,4-11)5(1-8)2-9/h5H. The smallest absolute Gasteiger partial charge is 0.197 e. The molecule has 0 aromatic carbocycles. The number of hydrogen-bond donors (Lipinski definition) is 0. The Morgan fingerprint density at radius 2 is 1.36 bits per heavy atom. The van der Waals surface area contributed by atoms with Gasteiger partial charge in [-0.25, -0.2) is 0 Å². The molecular formula is C6HIN4. The van der Waals surface area contributed by atoms with Gasteiger partial charge >= 0.3 is 0 Å². The summed E-state index contributed by atoms with van der Waals surface area (Å²) in [6.07, 6.45) is 0. The maximum atomic E-state index is 8.44. The molecule has 4 nitrogen and oxygen atoms in total. The molecule has 0 radical (unpaired) electrons. The number of nitrogens with zero attached hydrogens (tertiary/aromatic N) is 4. The van der Waals surface area contributed by atoms with E-state index in [0.717, 1.165) is 0 Å². The third-order valence-electron chi connectivity index (χ3n) is 0.981. The molecule has 0 atom stereocenters. The topological polar surface area (TPSA) is 95.2 Å². The zero-order chi connectivity index (χ0) is 8.91. The van der Waals surface area contributed by atoms with Crippen LogP contribution < -0.4 is 0 Å². The second kappa shape index (κ2) is 3.76. The highest BCUT2D eigenvalue weighted by atomic mass is 127. The number of nitriles is 4. The van der Waals surface area contributed by atoms with Gasteiger partial charge in [-0.3, -0.25) is 0 Å². The van der Waals surface area contributed by atoms with E-state index in [1.165, 1.54) is 22.6 Å². The fourth-order valence-corrected chi connectivity index (χ4v) is 0.639. The molecule has 0 saturated heterocycles. The van der Waals surface area contributed by atoms with Gasteiger partial charge < -0.3 is 0 Å². The monoisotopic (exact) mass is 256 g/mol. The van der Waals surface area contributed by atoms with Gasteiger partial charge in [0.25, 0.3) is 0 Å². The summed E-state index contributed by atoms with van der Waals surface area (Å²) < 4.78 is -1.54. The number of rotatable bonds is 1. The maximum Gasteiger partial charge on any atom is 0.222 e. The molecule has 0 aliphatic heterocycles. The zero-order valence-corrected chi connectivity index (χ0v) is 7.40. The third-order valence-corrected chi connectivity index (χ3v) is 2.09. The molecule has 0 spiro atoms. The van der Waals surface area contributed by atoms with E-state index in [4.69, 9.17) is 21.0 Å². The molecule has 5 heteroatoms. The van der Waals surface area contributed by atoms with Crippen LogP contribution >= 0.6 is 22.6 Å². The van der Waals surface area contributed by atoms with Crippen molar-refractivity contribution < 1.29 is 0 Å². The van der Waals surface area contributed by atoms with Crippen LogP contribution in [0.5, 0.6) is 0 Å². The Labute approximate surface area is 77.4 Å². The number of halogens is 1. The molecular weight excluding hydrogens is 255 g/mol. The van der Waals surface area contributed by atoms with E-state index in [1.54, 1.807) is 24.3 Å². The Hall–Kier alpha value is -1.31. The van der Waals surface area contributed by atoms with Gasteiger partial charge in [-0.05, 0) is 22.6 Å². The second-order valence-electron chi connectivity index (χ2n) is 1.63. The molecule has 0 amide bonds. The lowest BCUT2D eigenvalue weighted by Gasteiger charge is -2.07. The van der Waals surface area contributed by atoms with Crippen LogP contribution in [0.15, 0.2) is 0 Å². The fourth-order valence-electron chi connectivity index (χ4n) is 0.361. The van der Waals surface area contributed by atoms with E-state index in [0.29, 0.717) is 0 Å². The van der Waals surface area contributed by atoms with Crippen molar-refractivity contribution in [1.82, 2.24) is 0 Å². The van der Waals surface area contributed by atoms with Crippen LogP contribution in [0.1, 0.15) is 0 Å². The van der Waals surface area contributed by atoms with Crippen molar-refractivity contribution in [3.8, 4) is 24.3 Å². The van der Waals surface area contributed by atoms with Crippen molar-refractivity contribution in [3.05, 3.63) is 0 Å². The molecule has 0 saturated carbocycles. The Morgan fingerprint density at radius 3 is 1.45 bits per heavy atom. The van der Waals surface area contributed by atoms with Crippen molar-refractivity contribution in [3.63, 3.8) is 0 Å². The predicted molar refractivity (Wildman–Crippen MR) is 42.7 cm³/mol. The highest BCUT2D eigenvalue weighted by Crippen LogP contribution is 2.25. The summed E-state index contributed by atoms with van der Waals surface area (Å²) in [6, 6.07) is 6.38. The summed E-state index contributed by atoms with van der Waals surface area (Å²) >= 11 is 1.50. The molecule has 0 rings (SSSR count). The first-order valence-electron chi connectivity index (χ1n) is 2.45. The van der Waals surface area contributed by atoms with Crippen molar-refractivity contribution in [1.29, 1.82) is 21.0 Å². The average Bonchev–Trinajstić information content (AvgIpc) is 2.06. The molecule has 11 heavy (non-hydrogen) atoms. The van der Waals surface area contributed by atoms with Gasteiger partial charge in [-0.2, -0.15) is 21.0 Å². The minimum absolute atomic E-state index is 1.20. The lowest BCUT2D eigenvalue weighted by atomic mass is 9.98. The first-order chi connectivity index (χ1) is 5.14. The van der Waals surface area contributed by atoms with Crippen LogP contribution in [0.3, 0.4) is 0 Å². The number of hydrogen-bond acceptors (Lipinski definition) is 4. The fraction of sp³-hybridized carbons (Fsp3) is 0.333. The molecule has 0 fully saturated rings. The highest BCUT2D eigenvalue weighted by molar-refractivity contribution is 14.1. The molecule has 52 valence electrons. The minimum atomic E-state index is -1.54. The van der Waals surface area contributed by atoms with Crippen LogP contribution in [0.25, 0.3) is 0 Å². The molecule has 0 aliphatic carbocycles. The normalized spacial score (nSPS) is 8.91. The van der Waals surface area contributed by atoms with E-state index in [-0.39, 0.29) is 0 Å². The Balaban J connectivity index is 4.90. The van der Waals surface area contributed by atoms with E-state index in [9.17, 15) is 0 Å². The van der Waals surface area contributed by atoms with Crippen molar-refractivity contribution in [2.24, 2.45) is 5.92 Å². The van der Waals surface area contributed by atoms with Crippen LogP contribution in [-0.4, -0.2) is 3.42 Å². The molecule has 0 bridgehead atoms. The molecule has 0 aromatic rings. The van der Waals surface area contributed by atoms with Gasteiger partial charge in [0.1, 0.15) is 0 Å². The molecule has 0 unspecified atom stereocenters. The second-order valence-corrected chi connectivity index (χ2v) is 3.33. The largest absolute Gasteiger partial charge is 0.222 e. The Bertz CT molecular complexity index is 279. The highest BCUT2D eigenvalue weighted by Gasteiger charge is 2.37. The molecule has 0 aliphatic rings. The van der Waals surface area contributed by atoms with Crippen molar-refractivity contribution in [2.45, 2.75) is 3.42 Å². The van der Waals surface area contributed by atoms with Gasteiger partial charge in [0, 0.05) is 0 Å². The summed E-state index contributed by atoms with van der Waals surface area (Å²) in [5.41, 5.74) is 0. The first kappa shape index (κ1) is 9.69. The van der Waals surface area contributed by atoms with E-state index >= 15 is 0 Å². The predicted octanol–water partition coefficient (Wildman–Crippen LogP) is 0.871. The van der Waals surface area contributed by atoms with E-state index in [1.807, 2.05) is 0 Å². The van der Waals surface area contributed by atoms with Crippen molar-refractivity contribution >= 4 is 22.6 Å². The minimum Gasteiger partial charge on any atom is -0.197 e. The van der Waals surface area contributed by atoms with Gasteiger partial charge in [-0.15, -0.1) is 0 Å². The molecule has 0 aromatic heterocycles. The zero-order valence-electron chi connectivity index (χ0n) is 5.24. The van der Waals surface area contributed by atoms with Gasteiger partial charge in [-0.1, -0.05) is 0 Å². The summed E-state index contributed by atoms with van der Waals surface area (Å²) in [6.45, 7) is 0. The first-order valence-corrected chi connectivity index (χ1v) is 3.53. The van der Waals surface area contributed by atoms with Crippen LogP contribution in [0.2, 0.25) is 0 Å². The van der Waals surface area contributed by atoms with E-state index < -0.39 is 9.34 Å². The lowest BCUT2D eigenvalue weighted by Crippen LogP contribution is -2.25. The van der Waals surface area contributed by atoms with Crippen LogP contribution in [-0.2, 0) is 0 Å².